The van der Waals surface area contributed by atoms with E-state index in [0.717, 1.165) is 44.0 Å². The van der Waals surface area contributed by atoms with E-state index >= 15 is 0 Å². The Morgan fingerprint density at radius 3 is 2.26 bits per heavy atom. The molecule has 7 heteroatoms. The van der Waals surface area contributed by atoms with E-state index in [1.54, 1.807) is 24.3 Å². The molecule has 1 aromatic heterocycles. The Kier molecular flexibility index (Phi) is 6.11. The molecule has 0 amide bonds. The van der Waals surface area contributed by atoms with Crippen LogP contribution < -0.4 is 11.2 Å². The van der Waals surface area contributed by atoms with Crippen LogP contribution in [0.3, 0.4) is 0 Å². The molecular weight excluding hydrogens is 366 g/mol. The number of nitrogens with zero attached hydrogens (tertiary/aromatic N) is 2. The van der Waals surface area contributed by atoms with Gasteiger partial charge in [0.2, 0.25) is 0 Å². The number of hydrogen-bond acceptors (Lipinski definition) is 4. The summed E-state index contributed by atoms with van der Waals surface area (Å²) in [7, 11) is 0. The largest absolute Gasteiger partial charge is 0.379 e. The zero-order chi connectivity index (χ0) is 17.9. The molecule has 4 rings (SSSR count). The highest BCUT2D eigenvalue weighted by atomic mass is 35.5. The van der Waals surface area contributed by atoms with Gasteiger partial charge in [-0.05, 0) is 23.3 Å². The highest BCUT2D eigenvalue weighted by molar-refractivity contribution is 5.85. The summed E-state index contributed by atoms with van der Waals surface area (Å²) in [5, 5.41) is 0.526. The van der Waals surface area contributed by atoms with Crippen molar-refractivity contribution in [1.82, 2.24) is 14.5 Å². The van der Waals surface area contributed by atoms with Gasteiger partial charge in [-0.15, -0.1) is 12.4 Å². The van der Waals surface area contributed by atoms with Gasteiger partial charge in [-0.1, -0.05) is 36.4 Å². The molecule has 0 bridgehead atoms. The Labute approximate surface area is 162 Å². The van der Waals surface area contributed by atoms with E-state index in [1.807, 2.05) is 18.2 Å². The summed E-state index contributed by atoms with van der Waals surface area (Å²) in [6.45, 7) is 4.33. The van der Waals surface area contributed by atoms with Gasteiger partial charge in [0, 0.05) is 19.6 Å². The fourth-order valence-electron chi connectivity index (χ4n) is 3.38. The number of nitrogens with one attached hydrogen (secondary N) is 1. The number of fused-ring (bicyclic) bond motifs is 1. The molecule has 1 aliphatic rings. The van der Waals surface area contributed by atoms with E-state index in [9.17, 15) is 9.59 Å². The summed E-state index contributed by atoms with van der Waals surface area (Å²) in [5.41, 5.74) is 2.05. The van der Waals surface area contributed by atoms with Crippen LogP contribution in [0.25, 0.3) is 10.9 Å². The van der Waals surface area contributed by atoms with Crippen molar-refractivity contribution in [2.24, 2.45) is 0 Å². The zero-order valence-electron chi connectivity index (χ0n) is 14.9. The molecule has 0 spiro atoms. The summed E-state index contributed by atoms with van der Waals surface area (Å²) in [5.74, 6) is 0. The van der Waals surface area contributed by atoms with E-state index in [0.29, 0.717) is 10.9 Å². The molecule has 27 heavy (non-hydrogen) atoms. The van der Waals surface area contributed by atoms with Crippen LogP contribution in [0.15, 0.2) is 58.1 Å². The fourth-order valence-corrected chi connectivity index (χ4v) is 3.38. The second-order valence-electron chi connectivity index (χ2n) is 6.52. The first-order valence-electron chi connectivity index (χ1n) is 8.81. The molecule has 1 saturated heterocycles. The van der Waals surface area contributed by atoms with Crippen LogP contribution in [0.2, 0.25) is 0 Å². The van der Waals surface area contributed by atoms with Crippen LogP contribution >= 0.6 is 12.4 Å². The first kappa shape index (κ1) is 19.4. The zero-order valence-corrected chi connectivity index (χ0v) is 15.7. The van der Waals surface area contributed by atoms with Gasteiger partial charge in [-0.25, -0.2) is 4.79 Å². The van der Waals surface area contributed by atoms with E-state index in [2.05, 4.69) is 16.0 Å². The quantitative estimate of drug-likeness (QED) is 0.743. The number of morpholine rings is 1. The van der Waals surface area contributed by atoms with E-state index in [4.69, 9.17) is 4.74 Å². The maximum Gasteiger partial charge on any atom is 0.329 e. The molecule has 6 nitrogen and oxygen atoms in total. The highest BCUT2D eigenvalue weighted by Gasteiger charge is 2.14. The maximum atomic E-state index is 12.8. The first-order valence-corrected chi connectivity index (χ1v) is 8.81. The number of hydrogen-bond donors (Lipinski definition) is 1. The lowest BCUT2D eigenvalue weighted by atomic mass is 10.1. The third-order valence-electron chi connectivity index (χ3n) is 4.83. The molecule has 0 aliphatic carbocycles. The Morgan fingerprint density at radius 1 is 0.889 bits per heavy atom. The minimum atomic E-state index is -0.380. The minimum Gasteiger partial charge on any atom is -0.379 e. The van der Waals surface area contributed by atoms with Gasteiger partial charge in [0.1, 0.15) is 0 Å². The van der Waals surface area contributed by atoms with Crippen LogP contribution in [0.1, 0.15) is 11.1 Å². The van der Waals surface area contributed by atoms with Gasteiger partial charge in [0.05, 0.1) is 30.7 Å². The van der Waals surface area contributed by atoms with E-state index in [1.165, 1.54) is 4.57 Å². The molecular formula is C20H22ClN3O3. The molecule has 0 saturated carbocycles. The van der Waals surface area contributed by atoms with Gasteiger partial charge >= 0.3 is 5.69 Å². The summed E-state index contributed by atoms with van der Waals surface area (Å²) in [6, 6.07) is 15.1. The van der Waals surface area contributed by atoms with Crippen molar-refractivity contribution in [2.75, 3.05) is 26.3 Å². The number of benzene rings is 2. The molecule has 1 aliphatic heterocycles. The molecule has 0 atom stereocenters. The molecule has 0 radical (unpaired) electrons. The molecule has 1 N–H and O–H groups in total. The third-order valence-corrected chi connectivity index (χ3v) is 4.83. The van der Waals surface area contributed by atoms with Crippen molar-refractivity contribution in [3.63, 3.8) is 0 Å². The van der Waals surface area contributed by atoms with Crippen LogP contribution in [0.5, 0.6) is 0 Å². The first-order chi connectivity index (χ1) is 12.7. The van der Waals surface area contributed by atoms with Gasteiger partial charge in [0.25, 0.3) is 5.56 Å². The van der Waals surface area contributed by atoms with E-state index in [-0.39, 0.29) is 30.2 Å². The summed E-state index contributed by atoms with van der Waals surface area (Å²) >= 11 is 0. The number of aromatic amines is 1. The number of ether oxygens (including phenoxy) is 1. The Morgan fingerprint density at radius 2 is 1.52 bits per heavy atom. The molecule has 0 unspecified atom stereocenters. The summed E-state index contributed by atoms with van der Waals surface area (Å²) in [6.07, 6.45) is 0. The van der Waals surface area contributed by atoms with Crippen molar-refractivity contribution in [3.8, 4) is 0 Å². The van der Waals surface area contributed by atoms with E-state index < -0.39 is 0 Å². The van der Waals surface area contributed by atoms with Crippen LogP contribution in [0, 0.1) is 0 Å². The van der Waals surface area contributed by atoms with Crippen molar-refractivity contribution in [1.29, 1.82) is 0 Å². The van der Waals surface area contributed by atoms with Gasteiger partial charge in [-0.2, -0.15) is 0 Å². The number of aromatic nitrogens is 2. The predicted octanol–water partition coefficient (Wildman–Crippen LogP) is 1.99. The lowest BCUT2D eigenvalue weighted by molar-refractivity contribution is 0.0340. The molecule has 2 heterocycles. The van der Waals surface area contributed by atoms with Crippen molar-refractivity contribution in [2.45, 2.75) is 13.1 Å². The second-order valence-corrected chi connectivity index (χ2v) is 6.52. The average Bonchev–Trinajstić information content (AvgIpc) is 2.67. The Balaban J connectivity index is 0.00000210. The standard InChI is InChI=1S/C20H21N3O3.ClH/c24-19-17-7-3-4-8-18(17)21-20(25)23(19)14-16-6-2-1-5-15(16)13-22-9-11-26-12-10-22;/h1-8H,9-14H2,(H,21,25);1H. The summed E-state index contributed by atoms with van der Waals surface area (Å²) < 4.78 is 6.68. The monoisotopic (exact) mass is 387 g/mol. The number of H-pyrrole nitrogens is 1. The van der Waals surface area contributed by atoms with Gasteiger partial charge in [-0.3, -0.25) is 14.3 Å². The lowest BCUT2D eigenvalue weighted by Gasteiger charge is -2.27. The average molecular weight is 388 g/mol. The summed E-state index contributed by atoms with van der Waals surface area (Å²) in [4.78, 5) is 30.3. The SMILES string of the molecule is Cl.O=c1[nH]c2ccccc2c(=O)n1Cc1ccccc1CN1CCOCC1. The van der Waals surface area contributed by atoms with Crippen LogP contribution in [0.4, 0.5) is 0 Å². The van der Waals surface area contributed by atoms with Crippen LogP contribution in [-0.4, -0.2) is 40.8 Å². The molecule has 2 aromatic carbocycles. The van der Waals surface area contributed by atoms with Gasteiger partial charge < -0.3 is 9.72 Å². The fraction of sp³-hybridized carbons (Fsp3) is 0.300. The number of rotatable bonds is 4. The molecule has 142 valence electrons. The minimum absolute atomic E-state index is 0. The van der Waals surface area contributed by atoms with Gasteiger partial charge in [0.15, 0.2) is 0 Å². The van der Waals surface area contributed by atoms with Crippen molar-refractivity contribution < 1.29 is 4.74 Å². The Hall–Kier alpha value is -2.41. The molecule has 1 fully saturated rings. The topological polar surface area (TPSA) is 67.3 Å². The normalized spacial score (nSPS) is 14.8. The second kappa shape index (κ2) is 8.52. The van der Waals surface area contributed by atoms with Crippen molar-refractivity contribution in [3.05, 3.63) is 80.5 Å². The number of para-hydroxylation sites is 1. The Bertz CT molecular complexity index is 1040. The number of halogens is 1. The lowest BCUT2D eigenvalue weighted by Crippen LogP contribution is -2.37. The third kappa shape index (κ3) is 4.13. The van der Waals surface area contributed by atoms with Crippen molar-refractivity contribution >= 4 is 23.3 Å². The smallest absolute Gasteiger partial charge is 0.329 e. The predicted molar refractivity (Wildman–Crippen MR) is 108 cm³/mol. The highest BCUT2D eigenvalue weighted by Crippen LogP contribution is 2.14. The van der Waals surface area contributed by atoms with Crippen LogP contribution in [-0.2, 0) is 17.8 Å². The maximum absolute atomic E-state index is 12.8. The molecule has 3 aromatic rings.